The van der Waals surface area contributed by atoms with E-state index in [-0.39, 0.29) is 17.8 Å². The minimum atomic E-state index is -1.16. The molecule has 1 saturated heterocycles. The van der Waals surface area contributed by atoms with Crippen molar-refractivity contribution in [2.24, 2.45) is 0 Å². The highest BCUT2D eigenvalue weighted by atomic mass is 32.1. The van der Waals surface area contributed by atoms with E-state index >= 15 is 0 Å². The molecule has 1 aliphatic rings. The molecule has 1 aliphatic heterocycles. The fourth-order valence-corrected chi connectivity index (χ4v) is 5.51. The Morgan fingerprint density at radius 3 is 2.27 bits per heavy atom. The number of likely N-dealkylation sites (tertiary alicyclic amines) is 1. The lowest BCUT2D eigenvalue weighted by atomic mass is 9.85. The van der Waals surface area contributed by atoms with Crippen LogP contribution in [0.25, 0.3) is 0 Å². The Morgan fingerprint density at radius 2 is 1.77 bits per heavy atom. The van der Waals surface area contributed by atoms with Gasteiger partial charge in [0.05, 0.1) is 25.4 Å². The first-order valence-corrected chi connectivity index (χ1v) is 11.3. The predicted octanol–water partition coefficient (Wildman–Crippen LogP) is 3.26. The average molecular weight is 446 g/mol. The van der Waals surface area contributed by atoms with Gasteiger partial charge in [0.2, 0.25) is 11.8 Å². The number of methoxy groups -OCH3 is 2. The fraction of sp³-hybridized carbons (Fsp3) is 0.381. The van der Waals surface area contributed by atoms with Crippen LogP contribution in [0, 0.1) is 0 Å². The molecule has 30 heavy (non-hydrogen) atoms. The van der Waals surface area contributed by atoms with Crippen LogP contribution in [0.5, 0.6) is 11.9 Å². The molecule has 4 heterocycles. The van der Waals surface area contributed by atoms with Gasteiger partial charge in [-0.1, -0.05) is 12.1 Å². The normalized spacial score (nSPS) is 15.9. The zero-order valence-electron chi connectivity index (χ0n) is 16.8. The van der Waals surface area contributed by atoms with Crippen LogP contribution in [-0.2, 0) is 10.4 Å². The van der Waals surface area contributed by atoms with Crippen molar-refractivity contribution >= 4 is 28.6 Å². The van der Waals surface area contributed by atoms with E-state index in [1.165, 1.54) is 14.2 Å². The van der Waals surface area contributed by atoms with E-state index in [0.717, 1.165) is 9.75 Å². The zero-order chi connectivity index (χ0) is 21.1. The van der Waals surface area contributed by atoms with Gasteiger partial charge in [-0.15, -0.1) is 22.7 Å². The summed E-state index contributed by atoms with van der Waals surface area (Å²) < 4.78 is 10.4. The van der Waals surface area contributed by atoms with Crippen molar-refractivity contribution in [3.05, 3.63) is 56.5 Å². The second-order valence-corrected chi connectivity index (χ2v) is 9.06. The lowest BCUT2D eigenvalue weighted by molar-refractivity contribution is -0.136. The molecule has 0 unspecified atom stereocenters. The van der Waals surface area contributed by atoms with Gasteiger partial charge in [-0.05, 0) is 35.7 Å². The summed E-state index contributed by atoms with van der Waals surface area (Å²) in [5.74, 6) is 0.0640. The van der Waals surface area contributed by atoms with E-state index in [1.807, 2.05) is 39.9 Å². The van der Waals surface area contributed by atoms with Gasteiger partial charge in [0.15, 0.2) is 0 Å². The van der Waals surface area contributed by atoms with Crippen LogP contribution in [-0.4, -0.2) is 53.2 Å². The number of carbonyl (C=O) groups is 1. The molecule has 0 spiro atoms. The Kier molecular flexibility index (Phi) is 6.03. The van der Waals surface area contributed by atoms with Gasteiger partial charge in [0.25, 0.3) is 0 Å². The highest BCUT2D eigenvalue weighted by Crippen LogP contribution is 2.39. The molecule has 4 rings (SSSR count). The molecule has 0 radical (unpaired) electrons. The molecule has 1 fully saturated rings. The summed E-state index contributed by atoms with van der Waals surface area (Å²) in [5, 5.41) is 15.3. The average Bonchev–Trinajstić information content (AvgIpc) is 3.49. The van der Waals surface area contributed by atoms with Gasteiger partial charge >= 0.3 is 6.01 Å². The number of rotatable bonds is 6. The SMILES string of the molecule is COc1ncc(C2(O)CCN(C(=O)C(c3cccs3)c3cccs3)CC2)c(OC)n1. The molecule has 1 amide bonds. The van der Waals surface area contributed by atoms with Crippen LogP contribution in [0.15, 0.2) is 41.2 Å². The van der Waals surface area contributed by atoms with Crippen LogP contribution >= 0.6 is 22.7 Å². The standard InChI is InChI=1S/C21H23N3O4S2/c1-27-18-14(13-22-20(23-18)28-2)21(26)7-9-24(10-8-21)19(25)17(15-5-3-11-29-15)16-6-4-12-30-16/h3-6,11-13,17,26H,7-10H2,1-2H3. The van der Waals surface area contributed by atoms with Crippen molar-refractivity contribution in [3.63, 3.8) is 0 Å². The molecule has 0 aliphatic carbocycles. The van der Waals surface area contributed by atoms with E-state index in [1.54, 1.807) is 28.9 Å². The Balaban J connectivity index is 1.53. The van der Waals surface area contributed by atoms with Crippen LogP contribution < -0.4 is 9.47 Å². The minimum Gasteiger partial charge on any atom is -0.481 e. The van der Waals surface area contributed by atoms with Gasteiger partial charge in [0.1, 0.15) is 5.92 Å². The Labute approximate surface area is 182 Å². The van der Waals surface area contributed by atoms with Crippen LogP contribution in [0.4, 0.5) is 0 Å². The van der Waals surface area contributed by atoms with Crippen LogP contribution in [0.3, 0.4) is 0 Å². The third-order valence-corrected chi connectivity index (χ3v) is 7.29. The minimum absolute atomic E-state index is 0.0693. The number of piperidine rings is 1. The number of aliphatic hydroxyl groups is 1. The van der Waals surface area contributed by atoms with E-state index in [0.29, 0.717) is 37.4 Å². The largest absolute Gasteiger partial charge is 0.481 e. The van der Waals surface area contributed by atoms with Gasteiger partial charge < -0.3 is 19.5 Å². The molecular weight excluding hydrogens is 422 g/mol. The number of carbonyl (C=O) groups excluding carboxylic acids is 1. The number of ether oxygens (including phenoxy) is 2. The monoisotopic (exact) mass is 445 g/mol. The van der Waals surface area contributed by atoms with Crippen molar-refractivity contribution in [3.8, 4) is 11.9 Å². The molecule has 0 atom stereocenters. The first-order valence-electron chi connectivity index (χ1n) is 9.59. The molecule has 0 saturated carbocycles. The van der Waals surface area contributed by atoms with Crippen LogP contribution in [0.1, 0.15) is 34.1 Å². The third kappa shape index (κ3) is 3.92. The molecule has 0 aromatic carbocycles. The van der Waals surface area contributed by atoms with Gasteiger partial charge in [-0.3, -0.25) is 4.79 Å². The van der Waals surface area contributed by atoms with Gasteiger partial charge in [-0.2, -0.15) is 4.98 Å². The van der Waals surface area contributed by atoms with Crippen molar-refractivity contribution < 1.29 is 19.4 Å². The summed E-state index contributed by atoms with van der Waals surface area (Å²) in [4.78, 5) is 25.7. The van der Waals surface area contributed by atoms with Crippen molar-refractivity contribution in [1.29, 1.82) is 0 Å². The van der Waals surface area contributed by atoms with Crippen LogP contribution in [0.2, 0.25) is 0 Å². The Hall–Kier alpha value is -2.49. The summed E-state index contributed by atoms with van der Waals surface area (Å²) in [6.07, 6.45) is 2.31. The fourth-order valence-electron chi connectivity index (χ4n) is 3.77. The molecule has 3 aromatic rings. The Morgan fingerprint density at radius 1 is 1.13 bits per heavy atom. The lowest BCUT2D eigenvalue weighted by Crippen LogP contribution is -2.46. The van der Waals surface area contributed by atoms with Gasteiger partial charge in [-0.25, -0.2) is 4.98 Å². The topological polar surface area (TPSA) is 84.8 Å². The summed E-state index contributed by atoms with van der Waals surface area (Å²) in [6.45, 7) is 0.884. The first-order chi connectivity index (χ1) is 14.6. The summed E-state index contributed by atoms with van der Waals surface area (Å²) in [6, 6.07) is 8.14. The van der Waals surface area contributed by atoms with E-state index < -0.39 is 5.60 Å². The van der Waals surface area contributed by atoms with Crippen molar-refractivity contribution in [1.82, 2.24) is 14.9 Å². The molecule has 3 aromatic heterocycles. The molecule has 0 bridgehead atoms. The number of amides is 1. The third-order valence-electron chi connectivity index (χ3n) is 5.41. The number of nitrogens with zero attached hydrogens (tertiary/aromatic N) is 3. The maximum atomic E-state index is 13.4. The maximum Gasteiger partial charge on any atom is 0.319 e. The van der Waals surface area contributed by atoms with Crippen molar-refractivity contribution in [2.45, 2.75) is 24.4 Å². The molecular formula is C21H23N3O4S2. The number of hydrogen-bond donors (Lipinski definition) is 1. The van der Waals surface area contributed by atoms with E-state index in [4.69, 9.17) is 9.47 Å². The van der Waals surface area contributed by atoms with Crippen molar-refractivity contribution in [2.75, 3.05) is 27.3 Å². The number of hydrogen-bond acceptors (Lipinski definition) is 8. The molecule has 1 N–H and O–H groups in total. The molecule has 158 valence electrons. The predicted molar refractivity (Wildman–Crippen MR) is 115 cm³/mol. The quantitative estimate of drug-likeness (QED) is 0.627. The Bertz CT molecular complexity index is 950. The van der Waals surface area contributed by atoms with E-state index in [2.05, 4.69) is 9.97 Å². The zero-order valence-corrected chi connectivity index (χ0v) is 18.4. The summed E-state index contributed by atoms with van der Waals surface area (Å²) in [7, 11) is 2.98. The second-order valence-electron chi connectivity index (χ2n) is 7.10. The number of thiophene rings is 2. The molecule has 9 heteroatoms. The first kappa shape index (κ1) is 20.8. The highest BCUT2D eigenvalue weighted by molar-refractivity contribution is 7.11. The lowest BCUT2D eigenvalue weighted by Gasteiger charge is -2.39. The van der Waals surface area contributed by atoms with Gasteiger partial charge in [0, 0.05) is 29.0 Å². The highest BCUT2D eigenvalue weighted by Gasteiger charge is 2.40. The summed E-state index contributed by atoms with van der Waals surface area (Å²) >= 11 is 3.18. The number of aromatic nitrogens is 2. The maximum absolute atomic E-state index is 13.4. The second kappa shape index (κ2) is 8.71. The smallest absolute Gasteiger partial charge is 0.319 e. The molecule has 7 nitrogen and oxygen atoms in total. The summed E-state index contributed by atoms with van der Waals surface area (Å²) in [5.41, 5.74) is -0.638. The van der Waals surface area contributed by atoms with E-state index in [9.17, 15) is 9.90 Å².